The minimum absolute atomic E-state index is 0.0362. The summed E-state index contributed by atoms with van der Waals surface area (Å²) in [6.45, 7) is 6.00. The molecule has 0 radical (unpaired) electrons. The fourth-order valence-corrected chi connectivity index (χ4v) is 4.22. The molecule has 1 aromatic carbocycles. The number of Topliss-reactive ketones (excluding diaryl/α,β-unsaturated/α-hetero) is 1. The van der Waals surface area contributed by atoms with E-state index in [-0.39, 0.29) is 17.7 Å². The lowest BCUT2D eigenvalue weighted by Gasteiger charge is -2.49. The van der Waals surface area contributed by atoms with Crippen molar-refractivity contribution in [2.24, 2.45) is 5.92 Å². The number of fused-ring (bicyclic) bond motifs is 3. The van der Waals surface area contributed by atoms with Crippen molar-refractivity contribution in [1.82, 2.24) is 15.2 Å². The van der Waals surface area contributed by atoms with Crippen LogP contribution in [-0.4, -0.2) is 46.7 Å². The topological polar surface area (TPSA) is 74.4 Å². The van der Waals surface area contributed by atoms with Gasteiger partial charge in [-0.1, -0.05) is 0 Å². The summed E-state index contributed by atoms with van der Waals surface area (Å²) in [5, 5.41) is 3.24. The predicted octanol–water partition coefficient (Wildman–Crippen LogP) is 3.22. The van der Waals surface area contributed by atoms with Crippen LogP contribution in [0.3, 0.4) is 0 Å². The van der Waals surface area contributed by atoms with Crippen LogP contribution >= 0.6 is 0 Å². The third-order valence-corrected chi connectivity index (χ3v) is 5.86. The second-order valence-electron chi connectivity index (χ2n) is 7.53. The second-order valence-corrected chi connectivity index (χ2v) is 7.53. The molecule has 142 valence electrons. The maximum Gasteiger partial charge on any atom is 0.251 e. The maximum atomic E-state index is 12.7. The van der Waals surface area contributed by atoms with Crippen LogP contribution < -0.4 is 10.1 Å². The van der Waals surface area contributed by atoms with Crippen LogP contribution in [0.1, 0.15) is 47.5 Å². The maximum absolute atomic E-state index is 12.7. The number of ether oxygens (including phenoxy) is 1. The number of amides is 1. The Hall–Kier alpha value is -2.60. The molecule has 3 aliphatic heterocycles. The van der Waals surface area contributed by atoms with Gasteiger partial charge in [-0.3, -0.25) is 14.5 Å². The van der Waals surface area contributed by atoms with Crippen LogP contribution in [0.25, 0.3) is 0 Å². The van der Waals surface area contributed by atoms with Gasteiger partial charge in [-0.2, -0.15) is 0 Å². The van der Waals surface area contributed by atoms with E-state index in [0.29, 0.717) is 34.8 Å². The molecule has 2 N–H and O–H groups in total. The summed E-state index contributed by atoms with van der Waals surface area (Å²) < 4.78 is 5.71. The Morgan fingerprint density at radius 3 is 2.41 bits per heavy atom. The van der Waals surface area contributed by atoms with Crippen molar-refractivity contribution < 1.29 is 14.3 Å². The highest BCUT2D eigenvalue weighted by Gasteiger charge is 2.40. The van der Waals surface area contributed by atoms with E-state index in [4.69, 9.17) is 4.74 Å². The van der Waals surface area contributed by atoms with Crippen LogP contribution in [0.4, 0.5) is 0 Å². The van der Waals surface area contributed by atoms with E-state index < -0.39 is 0 Å². The molecule has 2 atom stereocenters. The van der Waals surface area contributed by atoms with Gasteiger partial charge in [0.25, 0.3) is 5.91 Å². The number of hydrogen-bond acceptors (Lipinski definition) is 4. The van der Waals surface area contributed by atoms with Gasteiger partial charge in [0.1, 0.15) is 5.75 Å². The molecule has 27 heavy (non-hydrogen) atoms. The lowest BCUT2D eigenvalue weighted by Crippen LogP contribution is -2.62. The van der Waals surface area contributed by atoms with Crippen LogP contribution in [0, 0.1) is 5.92 Å². The van der Waals surface area contributed by atoms with Crippen molar-refractivity contribution in [1.29, 1.82) is 0 Å². The van der Waals surface area contributed by atoms with Crippen molar-refractivity contribution in [2.75, 3.05) is 13.1 Å². The molecule has 3 fully saturated rings. The highest BCUT2D eigenvalue weighted by atomic mass is 16.5. The van der Waals surface area contributed by atoms with E-state index >= 15 is 0 Å². The molecule has 0 spiro atoms. The van der Waals surface area contributed by atoms with E-state index in [1.165, 1.54) is 19.8 Å². The van der Waals surface area contributed by atoms with Crippen LogP contribution in [0.15, 0.2) is 36.4 Å². The number of hydrogen-bond donors (Lipinski definition) is 2. The van der Waals surface area contributed by atoms with Crippen molar-refractivity contribution in [3.05, 3.63) is 47.7 Å². The molecule has 2 bridgehead atoms. The average molecular weight is 367 g/mol. The second kappa shape index (κ2) is 7.19. The molecule has 6 heteroatoms. The molecule has 1 aromatic heterocycles. The average Bonchev–Trinajstić information content (AvgIpc) is 3.14. The number of aromatic nitrogens is 1. The molecule has 6 nitrogen and oxygen atoms in total. The van der Waals surface area contributed by atoms with Gasteiger partial charge in [-0.15, -0.1) is 0 Å². The van der Waals surface area contributed by atoms with Crippen LogP contribution in [-0.2, 0) is 0 Å². The first kappa shape index (κ1) is 17.8. The smallest absolute Gasteiger partial charge is 0.251 e. The standard InChI is InChI=1S/C21H25N3O3/c1-13-20(15-9-11-24(13)12-10-15)23-21(26)16-3-5-17(6-4-16)27-19-8-7-18(22-19)14(2)25/h3-8,13,15,20,22H,9-12H2,1-2H3,(H,23,26)/t13?,20-/m0/s1. The van der Waals surface area contributed by atoms with E-state index in [1.54, 1.807) is 36.4 Å². The van der Waals surface area contributed by atoms with Crippen molar-refractivity contribution >= 4 is 11.7 Å². The first-order valence-corrected chi connectivity index (χ1v) is 9.54. The number of nitrogens with one attached hydrogen (secondary N) is 2. The number of ketones is 1. The summed E-state index contributed by atoms with van der Waals surface area (Å²) in [4.78, 5) is 29.4. The van der Waals surface area contributed by atoms with Gasteiger partial charge in [0, 0.05) is 30.6 Å². The molecule has 4 heterocycles. The zero-order valence-corrected chi connectivity index (χ0v) is 15.7. The van der Waals surface area contributed by atoms with E-state index in [9.17, 15) is 9.59 Å². The van der Waals surface area contributed by atoms with E-state index in [0.717, 1.165) is 13.1 Å². The first-order valence-electron chi connectivity index (χ1n) is 9.54. The quantitative estimate of drug-likeness (QED) is 0.796. The zero-order chi connectivity index (χ0) is 19.0. The lowest BCUT2D eigenvalue weighted by atomic mass is 9.79. The Morgan fingerprint density at radius 1 is 1.11 bits per heavy atom. The number of carbonyl (C=O) groups excluding carboxylic acids is 2. The third-order valence-electron chi connectivity index (χ3n) is 5.86. The van der Waals surface area contributed by atoms with Gasteiger partial charge in [-0.25, -0.2) is 0 Å². The van der Waals surface area contributed by atoms with Crippen molar-refractivity contribution in [3.63, 3.8) is 0 Å². The van der Waals surface area contributed by atoms with E-state index in [1.807, 2.05) is 0 Å². The Morgan fingerprint density at radius 2 is 1.81 bits per heavy atom. The lowest BCUT2D eigenvalue weighted by molar-refractivity contribution is 0.0217. The highest BCUT2D eigenvalue weighted by Crippen LogP contribution is 2.32. The largest absolute Gasteiger partial charge is 0.441 e. The summed E-state index contributed by atoms with van der Waals surface area (Å²) in [6, 6.07) is 11.1. The highest BCUT2D eigenvalue weighted by molar-refractivity contribution is 5.94. The first-order chi connectivity index (χ1) is 13.0. The Labute approximate surface area is 158 Å². The van der Waals surface area contributed by atoms with Gasteiger partial charge in [0.2, 0.25) is 0 Å². The molecule has 2 aromatic rings. The Kier molecular flexibility index (Phi) is 4.74. The van der Waals surface area contributed by atoms with Gasteiger partial charge >= 0.3 is 0 Å². The minimum atomic E-state index is -0.0427. The fraction of sp³-hybridized carbons (Fsp3) is 0.429. The monoisotopic (exact) mass is 367 g/mol. The molecular weight excluding hydrogens is 342 g/mol. The van der Waals surface area contributed by atoms with E-state index in [2.05, 4.69) is 22.1 Å². The third kappa shape index (κ3) is 3.62. The number of benzene rings is 1. The SMILES string of the molecule is CC(=O)c1ccc(Oc2ccc(C(=O)N[C@@H]3C4CCN(CC4)C3C)cc2)[nH]1. The molecule has 1 unspecified atom stereocenters. The van der Waals surface area contributed by atoms with Crippen molar-refractivity contribution in [2.45, 2.75) is 38.8 Å². The molecule has 3 saturated heterocycles. The number of carbonyl (C=O) groups is 2. The van der Waals surface area contributed by atoms with Crippen molar-refractivity contribution in [3.8, 4) is 11.6 Å². The summed E-state index contributed by atoms with van der Waals surface area (Å²) in [6.07, 6.45) is 2.33. The molecular formula is C21H25N3O3. The summed E-state index contributed by atoms with van der Waals surface area (Å²) in [7, 11) is 0. The molecule has 0 aliphatic carbocycles. The molecule has 3 aliphatic rings. The zero-order valence-electron chi connectivity index (χ0n) is 15.7. The predicted molar refractivity (Wildman–Crippen MR) is 102 cm³/mol. The molecule has 1 amide bonds. The number of piperidine rings is 3. The minimum Gasteiger partial charge on any atom is -0.441 e. The number of H-pyrrole nitrogens is 1. The molecule has 5 rings (SSSR count). The van der Waals surface area contributed by atoms with Crippen LogP contribution in [0.2, 0.25) is 0 Å². The van der Waals surface area contributed by atoms with Crippen LogP contribution in [0.5, 0.6) is 11.6 Å². The molecule has 0 saturated carbocycles. The van der Waals surface area contributed by atoms with Gasteiger partial charge in [0.15, 0.2) is 11.7 Å². The number of rotatable bonds is 5. The summed E-state index contributed by atoms with van der Waals surface area (Å²) in [5.74, 6) is 1.61. The normalized spacial score (nSPS) is 26.6. The number of nitrogens with zero attached hydrogens (tertiary/aromatic N) is 1. The fourth-order valence-electron chi connectivity index (χ4n) is 4.22. The van der Waals surface area contributed by atoms with Gasteiger partial charge in [0.05, 0.1) is 5.69 Å². The Balaban J connectivity index is 1.39. The Bertz CT molecular complexity index is 833. The summed E-state index contributed by atoms with van der Waals surface area (Å²) in [5.41, 5.74) is 1.13. The number of aromatic amines is 1. The van der Waals surface area contributed by atoms with Gasteiger partial charge in [-0.05, 0) is 69.1 Å². The van der Waals surface area contributed by atoms with Gasteiger partial charge < -0.3 is 15.0 Å². The summed E-state index contributed by atoms with van der Waals surface area (Å²) >= 11 is 0.